The highest BCUT2D eigenvalue weighted by Gasteiger charge is 2.23. The Bertz CT molecular complexity index is 731. The molecule has 0 saturated heterocycles. The number of nitrogens with zero attached hydrogens (tertiary/aromatic N) is 2. The van der Waals surface area contributed by atoms with E-state index in [1.165, 1.54) is 16.7 Å². The van der Waals surface area contributed by atoms with Gasteiger partial charge in [-0.15, -0.1) is 0 Å². The van der Waals surface area contributed by atoms with Crippen LogP contribution in [0.1, 0.15) is 47.7 Å². The van der Waals surface area contributed by atoms with Gasteiger partial charge >= 0.3 is 5.97 Å². The fourth-order valence-electron chi connectivity index (χ4n) is 3.67. The molecule has 4 nitrogen and oxygen atoms in total. The van der Waals surface area contributed by atoms with Crippen LogP contribution in [0.15, 0.2) is 18.2 Å². The third-order valence-electron chi connectivity index (χ3n) is 4.80. The fourth-order valence-corrected chi connectivity index (χ4v) is 3.67. The maximum absolute atomic E-state index is 11.1. The van der Waals surface area contributed by atoms with Gasteiger partial charge in [-0.2, -0.15) is 5.10 Å². The summed E-state index contributed by atoms with van der Waals surface area (Å²) in [5.74, 6) is -0.574. The molecule has 0 fully saturated rings. The van der Waals surface area contributed by atoms with Crippen LogP contribution in [-0.4, -0.2) is 20.9 Å². The molecular weight excluding hydrogens is 276 g/mol. The van der Waals surface area contributed by atoms with Crippen molar-refractivity contribution >= 4 is 5.97 Å². The molecule has 22 heavy (non-hydrogen) atoms. The van der Waals surface area contributed by atoms with Crippen LogP contribution in [0, 0.1) is 13.8 Å². The number of hydrogen-bond donors (Lipinski definition) is 1. The first kappa shape index (κ1) is 14.8. The fraction of sp³-hybridized carbons (Fsp3) is 0.444. The van der Waals surface area contributed by atoms with Crippen molar-refractivity contribution in [1.29, 1.82) is 0 Å². The zero-order valence-corrected chi connectivity index (χ0v) is 13.4. The second-order valence-electron chi connectivity index (χ2n) is 6.27. The molecule has 116 valence electrons. The van der Waals surface area contributed by atoms with E-state index in [-0.39, 0.29) is 12.3 Å². The molecule has 3 rings (SSSR count). The van der Waals surface area contributed by atoms with Gasteiger partial charge in [0, 0.05) is 18.3 Å². The summed E-state index contributed by atoms with van der Waals surface area (Å²) in [4.78, 5) is 11.1. The average molecular weight is 298 g/mol. The number of aryl methyl sites for hydroxylation is 3. The third-order valence-corrected chi connectivity index (χ3v) is 4.80. The molecule has 0 saturated carbocycles. The normalized spacial score (nSPS) is 17.3. The quantitative estimate of drug-likeness (QED) is 0.942. The van der Waals surface area contributed by atoms with Gasteiger partial charge in [0.25, 0.3) is 0 Å². The zero-order valence-electron chi connectivity index (χ0n) is 13.4. The van der Waals surface area contributed by atoms with Gasteiger partial charge in [-0.1, -0.05) is 18.2 Å². The highest BCUT2D eigenvalue weighted by molar-refractivity contribution is 5.71. The van der Waals surface area contributed by atoms with Gasteiger partial charge in [0.05, 0.1) is 12.1 Å². The Morgan fingerprint density at radius 3 is 2.82 bits per heavy atom. The number of aliphatic carboxylic acids is 1. The van der Waals surface area contributed by atoms with Crippen molar-refractivity contribution in [2.45, 2.75) is 45.4 Å². The van der Waals surface area contributed by atoms with Crippen LogP contribution in [0.4, 0.5) is 0 Å². The molecule has 0 radical (unpaired) electrons. The molecule has 1 heterocycles. The maximum Gasteiger partial charge on any atom is 0.303 e. The first-order valence-corrected chi connectivity index (χ1v) is 7.82. The minimum absolute atomic E-state index is 0.137. The lowest BCUT2D eigenvalue weighted by molar-refractivity contribution is -0.137. The summed E-state index contributed by atoms with van der Waals surface area (Å²) in [5.41, 5.74) is 7.01. The summed E-state index contributed by atoms with van der Waals surface area (Å²) in [7, 11) is 1.96. The van der Waals surface area contributed by atoms with Crippen molar-refractivity contribution in [1.82, 2.24) is 9.78 Å². The maximum atomic E-state index is 11.1. The van der Waals surface area contributed by atoms with Crippen molar-refractivity contribution in [3.05, 3.63) is 40.7 Å². The standard InChI is InChI=1S/C18H22N2O2/c1-11-18(12(2)20(3)19-11)15-8-7-13-5-4-6-14(10-17(21)22)16(13)9-15/h7-9,14H,4-6,10H2,1-3H3,(H,21,22). The predicted molar refractivity (Wildman–Crippen MR) is 86.0 cm³/mol. The third kappa shape index (κ3) is 2.54. The summed E-state index contributed by atoms with van der Waals surface area (Å²) in [6.07, 6.45) is 3.32. The number of aromatic nitrogens is 2. The second-order valence-corrected chi connectivity index (χ2v) is 6.27. The Kier molecular flexibility index (Phi) is 3.77. The van der Waals surface area contributed by atoms with Crippen molar-refractivity contribution in [3.63, 3.8) is 0 Å². The lowest BCUT2D eigenvalue weighted by Crippen LogP contribution is -2.13. The summed E-state index contributed by atoms with van der Waals surface area (Å²) < 4.78 is 1.90. The number of rotatable bonds is 3. The Morgan fingerprint density at radius 2 is 2.18 bits per heavy atom. The molecule has 1 aromatic heterocycles. The van der Waals surface area contributed by atoms with Gasteiger partial charge in [0.15, 0.2) is 0 Å². The summed E-state index contributed by atoms with van der Waals surface area (Å²) >= 11 is 0. The number of carbonyl (C=O) groups is 1. The van der Waals surface area contributed by atoms with Crippen molar-refractivity contribution < 1.29 is 9.90 Å². The first-order chi connectivity index (χ1) is 10.5. The van der Waals surface area contributed by atoms with E-state index in [0.717, 1.165) is 36.2 Å². The van der Waals surface area contributed by atoms with E-state index < -0.39 is 5.97 Å². The molecular formula is C18H22N2O2. The van der Waals surface area contributed by atoms with Crippen LogP contribution in [0.3, 0.4) is 0 Å². The Balaban J connectivity index is 2.07. The summed E-state index contributed by atoms with van der Waals surface area (Å²) in [5, 5.41) is 13.6. The van der Waals surface area contributed by atoms with Gasteiger partial charge in [0.1, 0.15) is 0 Å². The molecule has 1 aliphatic rings. The number of fused-ring (bicyclic) bond motifs is 1. The molecule has 0 amide bonds. The number of hydrogen-bond acceptors (Lipinski definition) is 2. The van der Waals surface area contributed by atoms with E-state index in [2.05, 4.69) is 30.2 Å². The zero-order chi connectivity index (χ0) is 15.9. The smallest absolute Gasteiger partial charge is 0.303 e. The van der Waals surface area contributed by atoms with Crippen molar-refractivity contribution in [2.75, 3.05) is 0 Å². The molecule has 0 aliphatic heterocycles. The van der Waals surface area contributed by atoms with Gasteiger partial charge < -0.3 is 5.11 Å². The lowest BCUT2D eigenvalue weighted by Gasteiger charge is -2.25. The van der Waals surface area contributed by atoms with E-state index in [9.17, 15) is 4.79 Å². The van der Waals surface area contributed by atoms with Crippen LogP contribution in [0.2, 0.25) is 0 Å². The molecule has 1 aromatic carbocycles. The molecule has 1 aliphatic carbocycles. The van der Waals surface area contributed by atoms with Gasteiger partial charge in [-0.3, -0.25) is 9.48 Å². The minimum atomic E-state index is -0.711. The SMILES string of the molecule is Cc1nn(C)c(C)c1-c1ccc2c(c1)C(CC(=O)O)CCC2. The van der Waals surface area contributed by atoms with Gasteiger partial charge in [-0.05, 0) is 55.7 Å². The predicted octanol–water partition coefficient (Wildman–Crippen LogP) is 3.60. The number of carboxylic acid groups (broad SMARTS) is 1. The summed E-state index contributed by atoms with van der Waals surface area (Å²) in [6.45, 7) is 4.10. The molecule has 0 bridgehead atoms. The molecule has 1 N–H and O–H groups in total. The monoisotopic (exact) mass is 298 g/mol. The second kappa shape index (κ2) is 5.59. The van der Waals surface area contributed by atoms with E-state index in [1.54, 1.807) is 0 Å². The van der Waals surface area contributed by atoms with Gasteiger partial charge in [0.2, 0.25) is 0 Å². The highest BCUT2D eigenvalue weighted by Crippen LogP contribution is 2.37. The molecule has 1 atom stereocenters. The van der Waals surface area contributed by atoms with Crippen LogP contribution < -0.4 is 0 Å². The van der Waals surface area contributed by atoms with E-state index >= 15 is 0 Å². The Hall–Kier alpha value is -2.10. The average Bonchev–Trinajstić information content (AvgIpc) is 2.72. The molecule has 4 heteroatoms. The molecule has 2 aromatic rings. The van der Waals surface area contributed by atoms with Gasteiger partial charge in [-0.25, -0.2) is 0 Å². The highest BCUT2D eigenvalue weighted by atomic mass is 16.4. The molecule has 0 spiro atoms. The molecule has 1 unspecified atom stereocenters. The van der Waals surface area contributed by atoms with Crippen LogP contribution >= 0.6 is 0 Å². The van der Waals surface area contributed by atoms with E-state index in [1.807, 2.05) is 18.7 Å². The van der Waals surface area contributed by atoms with Crippen LogP contribution in [0.25, 0.3) is 11.1 Å². The summed E-state index contributed by atoms with van der Waals surface area (Å²) in [6, 6.07) is 6.52. The first-order valence-electron chi connectivity index (χ1n) is 7.82. The Morgan fingerprint density at radius 1 is 1.41 bits per heavy atom. The largest absolute Gasteiger partial charge is 0.481 e. The Labute approximate surface area is 130 Å². The number of benzene rings is 1. The van der Waals surface area contributed by atoms with Crippen LogP contribution in [0.5, 0.6) is 0 Å². The minimum Gasteiger partial charge on any atom is -0.481 e. The van der Waals surface area contributed by atoms with E-state index in [0.29, 0.717) is 0 Å². The van der Waals surface area contributed by atoms with Crippen molar-refractivity contribution in [2.24, 2.45) is 7.05 Å². The van der Waals surface area contributed by atoms with Crippen LogP contribution in [-0.2, 0) is 18.3 Å². The van der Waals surface area contributed by atoms with Crippen molar-refractivity contribution in [3.8, 4) is 11.1 Å². The number of carboxylic acids is 1. The topological polar surface area (TPSA) is 55.1 Å². The van der Waals surface area contributed by atoms with E-state index in [4.69, 9.17) is 5.11 Å². The lowest BCUT2D eigenvalue weighted by atomic mass is 9.79.